The average molecular weight is 813 g/mol. The van der Waals surface area contributed by atoms with Crippen LogP contribution in [0.15, 0.2) is 134 Å². The molecular weight excluding hydrogens is 733 g/mol. The van der Waals surface area contributed by atoms with Crippen molar-refractivity contribution in [1.82, 2.24) is 0 Å². The van der Waals surface area contributed by atoms with E-state index in [2.05, 4.69) is 93.7 Å². The topological polar surface area (TPSA) is 78.9 Å². The third kappa shape index (κ3) is 44.5. The van der Waals surface area contributed by atoms with Gasteiger partial charge in [-0.2, -0.15) is 0 Å². The number of ether oxygens (including phenoxy) is 3. The number of esters is 3. The molecule has 0 radical (unpaired) electrons. The van der Waals surface area contributed by atoms with Gasteiger partial charge in [-0.25, -0.2) is 0 Å². The van der Waals surface area contributed by atoms with E-state index < -0.39 is 12.1 Å². The van der Waals surface area contributed by atoms with Crippen LogP contribution in [0, 0.1) is 0 Å². The molecule has 0 amide bonds. The van der Waals surface area contributed by atoms with Gasteiger partial charge in [0.15, 0.2) is 6.10 Å². The van der Waals surface area contributed by atoms with E-state index in [1.54, 1.807) is 0 Å². The number of hydrogen-bond acceptors (Lipinski definition) is 6. The van der Waals surface area contributed by atoms with Crippen LogP contribution in [0.2, 0.25) is 0 Å². The van der Waals surface area contributed by atoms with Crippen LogP contribution in [0.5, 0.6) is 0 Å². The van der Waals surface area contributed by atoms with E-state index in [0.717, 1.165) is 96.3 Å². The Balaban J connectivity index is 4.57. The minimum atomic E-state index is -0.832. The summed E-state index contributed by atoms with van der Waals surface area (Å²) < 4.78 is 16.6. The van der Waals surface area contributed by atoms with Crippen LogP contribution in [0.25, 0.3) is 0 Å². The fourth-order valence-electron chi connectivity index (χ4n) is 5.53. The number of carbonyl (C=O) groups is 3. The van der Waals surface area contributed by atoms with E-state index in [-0.39, 0.29) is 31.6 Å². The van der Waals surface area contributed by atoms with Crippen molar-refractivity contribution < 1.29 is 28.6 Å². The smallest absolute Gasteiger partial charge is 0.306 e. The number of hydrogen-bond donors (Lipinski definition) is 0. The van der Waals surface area contributed by atoms with Crippen molar-refractivity contribution in [3.8, 4) is 0 Å². The Morgan fingerprint density at radius 2 is 0.627 bits per heavy atom. The van der Waals surface area contributed by atoms with Crippen LogP contribution >= 0.6 is 0 Å². The molecule has 1 atom stereocenters. The van der Waals surface area contributed by atoms with Crippen molar-refractivity contribution in [3.05, 3.63) is 134 Å². The van der Waals surface area contributed by atoms with Gasteiger partial charge in [-0.15, -0.1) is 0 Å². The van der Waals surface area contributed by atoms with Gasteiger partial charge in [0.25, 0.3) is 0 Å². The highest BCUT2D eigenvalue weighted by Crippen LogP contribution is 2.12. The van der Waals surface area contributed by atoms with E-state index in [9.17, 15) is 14.4 Å². The van der Waals surface area contributed by atoms with Gasteiger partial charge in [0, 0.05) is 19.3 Å². The molecule has 59 heavy (non-hydrogen) atoms. The minimum Gasteiger partial charge on any atom is -0.462 e. The highest BCUT2D eigenvalue weighted by Gasteiger charge is 2.19. The summed E-state index contributed by atoms with van der Waals surface area (Å²) in [5.41, 5.74) is 0. The molecule has 0 aromatic carbocycles. The van der Waals surface area contributed by atoms with Crippen molar-refractivity contribution >= 4 is 17.9 Å². The highest BCUT2D eigenvalue weighted by molar-refractivity contribution is 5.71. The molecule has 0 aliphatic rings. The fraction of sp³-hybridized carbons (Fsp3) is 0.528. The van der Waals surface area contributed by atoms with Gasteiger partial charge in [0.05, 0.1) is 0 Å². The molecule has 6 nitrogen and oxygen atoms in total. The summed E-state index contributed by atoms with van der Waals surface area (Å²) in [4.78, 5) is 37.8. The lowest BCUT2D eigenvalue weighted by Gasteiger charge is -2.18. The van der Waals surface area contributed by atoms with E-state index in [0.29, 0.717) is 19.3 Å². The molecule has 0 aromatic rings. The first kappa shape index (κ1) is 54.6. The van der Waals surface area contributed by atoms with Crippen LogP contribution in [0.1, 0.15) is 162 Å². The largest absolute Gasteiger partial charge is 0.462 e. The number of carbonyl (C=O) groups excluding carboxylic acids is 3. The maximum Gasteiger partial charge on any atom is 0.306 e. The van der Waals surface area contributed by atoms with Crippen molar-refractivity contribution in [1.29, 1.82) is 0 Å². The van der Waals surface area contributed by atoms with Gasteiger partial charge >= 0.3 is 17.9 Å². The second-order valence-corrected chi connectivity index (χ2v) is 14.4. The van der Waals surface area contributed by atoms with E-state index >= 15 is 0 Å². The Hall–Kier alpha value is -4.45. The highest BCUT2D eigenvalue weighted by atomic mass is 16.6. The first-order valence-electron chi connectivity index (χ1n) is 22.8. The van der Waals surface area contributed by atoms with Crippen LogP contribution < -0.4 is 0 Å². The third-order valence-electron chi connectivity index (χ3n) is 8.88. The first-order valence-corrected chi connectivity index (χ1v) is 22.8. The number of rotatable bonds is 38. The normalized spacial score (nSPS) is 13.3. The molecule has 0 rings (SSSR count). The van der Waals surface area contributed by atoms with E-state index in [1.165, 1.54) is 19.3 Å². The van der Waals surface area contributed by atoms with Crippen molar-refractivity contribution in [2.24, 2.45) is 0 Å². The third-order valence-corrected chi connectivity index (χ3v) is 8.88. The van der Waals surface area contributed by atoms with Gasteiger partial charge < -0.3 is 14.2 Å². The van der Waals surface area contributed by atoms with Crippen molar-refractivity contribution in [2.45, 2.75) is 168 Å². The van der Waals surface area contributed by atoms with E-state index in [1.807, 2.05) is 60.8 Å². The molecule has 0 aliphatic heterocycles. The Kier molecular flexibility index (Phi) is 42.8. The van der Waals surface area contributed by atoms with Gasteiger partial charge in [-0.1, -0.05) is 206 Å². The van der Waals surface area contributed by atoms with E-state index in [4.69, 9.17) is 14.2 Å². The predicted molar refractivity (Wildman–Crippen MR) is 251 cm³/mol. The second-order valence-electron chi connectivity index (χ2n) is 14.4. The summed E-state index contributed by atoms with van der Waals surface area (Å²) in [6.07, 6.45) is 64.4. The van der Waals surface area contributed by atoms with Gasteiger partial charge in [-0.05, 0) is 70.6 Å². The molecule has 0 N–H and O–H groups in total. The molecule has 0 bridgehead atoms. The average Bonchev–Trinajstić information content (AvgIpc) is 3.23. The molecule has 6 heteroatoms. The molecule has 0 aliphatic carbocycles. The number of allylic oxidation sites excluding steroid dienone is 22. The molecule has 0 heterocycles. The summed E-state index contributed by atoms with van der Waals surface area (Å²) in [5, 5.41) is 0. The Morgan fingerprint density at radius 1 is 0.339 bits per heavy atom. The maximum atomic E-state index is 12.7. The van der Waals surface area contributed by atoms with Crippen molar-refractivity contribution in [2.75, 3.05) is 13.2 Å². The Bertz CT molecular complexity index is 1350. The lowest BCUT2D eigenvalue weighted by Crippen LogP contribution is -2.30. The van der Waals surface area contributed by atoms with Gasteiger partial charge in [0.2, 0.25) is 0 Å². The molecule has 328 valence electrons. The summed E-state index contributed by atoms with van der Waals surface area (Å²) in [6, 6.07) is 0. The van der Waals surface area contributed by atoms with Gasteiger partial charge in [0.1, 0.15) is 13.2 Å². The van der Waals surface area contributed by atoms with Gasteiger partial charge in [-0.3, -0.25) is 14.4 Å². The lowest BCUT2D eigenvalue weighted by molar-refractivity contribution is -0.167. The van der Waals surface area contributed by atoms with Crippen LogP contribution in [0.3, 0.4) is 0 Å². The fourth-order valence-corrected chi connectivity index (χ4v) is 5.53. The standard InChI is InChI=1S/C53H80O6/c1-4-7-10-13-16-19-22-25-26-29-31-34-37-40-43-46-52(55)58-49-50(59-53(56)47-44-41-38-35-32-28-24-21-18-15-12-9-6-3)48-57-51(54)45-42-39-36-33-30-27-23-20-17-14-11-8-5-2/h7-24,28,32,35,38,50H,4-6,25-27,29-31,33-34,36-37,39-49H2,1-3H3/b10-7-,11-8-,12-9-,16-13-,17-14-,18-15-,22-19-,23-20-,24-21-,32-28-,38-35-. The Morgan fingerprint density at radius 3 is 1.00 bits per heavy atom. The predicted octanol–water partition coefficient (Wildman–Crippen LogP) is 14.7. The summed E-state index contributed by atoms with van der Waals surface area (Å²) in [6.45, 7) is 6.10. The molecule has 0 saturated heterocycles. The quantitative estimate of drug-likeness (QED) is 0.0267. The first-order chi connectivity index (χ1) is 29.0. The molecule has 0 fully saturated rings. The molecule has 1 unspecified atom stereocenters. The van der Waals surface area contributed by atoms with Crippen molar-refractivity contribution in [3.63, 3.8) is 0 Å². The number of unbranched alkanes of at least 4 members (excludes halogenated alkanes) is 13. The lowest BCUT2D eigenvalue weighted by atomic mass is 10.1. The van der Waals surface area contributed by atoms with Crippen LogP contribution in [-0.2, 0) is 28.6 Å². The zero-order valence-electron chi connectivity index (χ0n) is 37.2. The SMILES string of the molecule is CC\C=C/C=C\C=C/C=C\C=C/CCCC(=O)OC(COC(=O)CCCCCCC\C=C/C=C\C=C/CC)COC(=O)CCCCCCCCC\C=C/C=C\C=C/CC. The van der Waals surface area contributed by atoms with Crippen LogP contribution in [-0.4, -0.2) is 37.2 Å². The zero-order chi connectivity index (χ0) is 43.0. The maximum absolute atomic E-state index is 12.7. The minimum absolute atomic E-state index is 0.125. The van der Waals surface area contributed by atoms with Crippen LogP contribution in [0.4, 0.5) is 0 Å². The summed E-state index contributed by atoms with van der Waals surface area (Å²) in [7, 11) is 0. The molecule has 0 aromatic heterocycles. The molecule has 0 spiro atoms. The molecule has 0 saturated carbocycles. The monoisotopic (exact) mass is 813 g/mol. The summed E-state index contributed by atoms with van der Waals surface area (Å²) >= 11 is 0. The second kappa shape index (κ2) is 46.2. The summed E-state index contributed by atoms with van der Waals surface area (Å²) in [5.74, 6) is -1.05. The Labute approximate surface area is 360 Å². The zero-order valence-corrected chi connectivity index (χ0v) is 37.2. The molecular formula is C53H80O6.